The van der Waals surface area contributed by atoms with Crippen LogP contribution in [0, 0.1) is 0 Å². The quantitative estimate of drug-likeness (QED) is 0.822. The summed E-state index contributed by atoms with van der Waals surface area (Å²) in [6, 6.07) is 5.21. The van der Waals surface area contributed by atoms with Gasteiger partial charge in [-0.1, -0.05) is 19.9 Å². The molecule has 4 heteroatoms. The standard InChI is InChI=1S/C7H8N2O.C6H14S.H2/c1-8-7(10)6-4-2-3-5-9-6;1-3-5-7-6-4-2;/h2-5H,1H3,(H,8,10);3-6H2,1-2H3;1H. The van der Waals surface area contributed by atoms with E-state index in [-0.39, 0.29) is 7.33 Å². The van der Waals surface area contributed by atoms with Gasteiger partial charge in [0.15, 0.2) is 0 Å². The van der Waals surface area contributed by atoms with Crippen molar-refractivity contribution in [1.82, 2.24) is 10.3 Å². The Labute approximate surface area is 110 Å². The van der Waals surface area contributed by atoms with Gasteiger partial charge in [0.2, 0.25) is 0 Å². The Hall–Kier alpha value is -1.03. The van der Waals surface area contributed by atoms with Crippen molar-refractivity contribution in [3.63, 3.8) is 0 Å². The van der Waals surface area contributed by atoms with Gasteiger partial charge < -0.3 is 5.32 Å². The molecule has 1 rings (SSSR count). The monoisotopic (exact) mass is 256 g/mol. The van der Waals surface area contributed by atoms with E-state index in [4.69, 9.17) is 0 Å². The second kappa shape index (κ2) is 11.5. The SMILES string of the molecule is CCCSCCC.CNC(=O)c1ccccn1.[HH]. The van der Waals surface area contributed by atoms with E-state index >= 15 is 0 Å². The third-order valence-electron chi connectivity index (χ3n) is 1.82. The van der Waals surface area contributed by atoms with Gasteiger partial charge in [0.1, 0.15) is 5.69 Å². The minimum absolute atomic E-state index is 0. The fraction of sp³-hybridized carbons (Fsp3) is 0.538. The van der Waals surface area contributed by atoms with Gasteiger partial charge in [0, 0.05) is 14.7 Å². The van der Waals surface area contributed by atoms with E-state index < -0.39 is 0 Å². The molecular weight excluding hydrogens is 232 g/mol. The third kappa shape index (κ3) is 8.74. The molecule has 0 aliphatic heterocycles. The molecule has 17 heavy (non-hydrogen) atoms. The Bertz CT molecular complexity index is 292. The van der Waals surface area contributed by atoms with E-state index in [0.29, 0.717) is 5.69 Å². The highest BCUT2D eigenvalue weighted by molar-refractivity contribution is 7.99. The summed E-state index contributed by atoms with van der Waals surface area (Å²) in [5.41, 5.74) is 0.449. The molecular formula is C13H24N2OS. The topological polar surface area (TPSA) is 42.0 Å². The summed E-state index contributed by atoms with van der Waals surface area (Å²) < 4.78 is 0. The summed E-state index contributed by atoms with van der Waals surface area (Å²) in [6.07, 6.45) is 4.24. The molecule has 0 fully saturated rings. The molecule has 98 valence electrons. The average molecular weight is 256 g/mol. The highest BCUT2D eigenvalue weighted by Gasteiger charge is 2.00. The summed E-state index contributed by atoms with van der Waals surface area (Å²) in [6.45, 7) is 4.45. The van der Waals surface area contributed by atoms with Crippen LogP contribution in [0.1, 0.15) is 38.6 Å². The molecule has 3 nitrogen and oxygen atoms in total. The highest BCUT2D eigenvalue weighted by Crippen LogP contribution is 2.02. The van der Waals surface area contributed by atoms with Crippen LogP contribution in [0.4, 0.5) is 0 Å². The van der Waals surface area contributed by atoms with Gasteiger partial charge in [-0.25, -0.2) is 0 Å². The van der Waals surface area contributed by atoms with Gasteiger partial charge in [-0.3, -0.25) is 9.78 Å². The Balaban J connectivity index is 0. The molecule has 0 unspecified atom stereocenters. The zero-order chi connectivity index (χ0) is 12.9. The van der Waals surface area contributed by atoms with Crippen LogP contribution in [0.5, 0.6) is 0 Å². The molecule has 1 aromatic heterocycles. The lowest BCUT2D eigenvalue weighted by Crippen LogP contribution is -2.18. The summed E-state index contributed by atoms with van der Waals surface area (Å²) in [5.74, 6) is 2.53. The van der Waals surface area contributed by atoms with Gasteiger partial charge in [0.05, 0.1) is 0 Å². The predicted molar refractivity (Wildman–Crippen MR) is 77.6 cm³/mol. The van der Waals surface area contributed by atoms with E-state index in [1.54, 1.807) is 31.4 Å². The molecule has 0 aromatic carbocycles. The molecule has 0 spiro atoms. The minimum Gasteiger partial charge on any atom is -0.354 e. The minimum atomic E-state index is -0.152. The first kappa shape index (κ1) is 16.0. The second-order valence-electron chi connectivity index (χ2n) is 3.41. The van der Waals surface area contributed by atoms with Crippen LogP contribution in [0.3, 0.4) is 0 Å². The number of carbonyl (C=O) groups excluding carboxylic acids is 1. The summed E-state index contributed by atoms with van der Waals surface area (Å²) in [4.78, 5) is 14.7. The van der Waals surface area contributed by atoms with Gasteiger partial charge in [0.25, 0.3) is 5.91 Å². The molecule has 0 aliphatic carbocycles. The highest BCUT2D eigenvalue weighted by atomic mass is 32.2. The maximum absolute atomic E-state index is 10.8. The van der Waals surface area contributed by atoms with Gasteiger partial charge in [-0.15, -0.1) is 0 Å². The third-order valence-corrected chi connectivity index (χ3v) is 3.22. The van der Waals surface area contributed by atoms with Crippen molar-refractivity contribution in [3.05, 3.63) is 30.1 Å². The largest absolute Gasteiger partial charge is 0.354 e. The summed E-state index contributed by atoms with van der Waals surface area (Å²) in [7, 11) is 1.58. The van der Waals surface area contributed by atoms with Crippen LogP contribution in [-0.2, 0) is 0 Å². The number of nitrogens with one attached hydrogen (secondary N) is 1. The number of rotatable bonds is 5. The van der Waals surface area contributed by atoms with Crippen molar-refractivity contribution < 1.29 is 6.22 Å². The first-order valence-corrected chi connectivity index (χ1v) is 7.12. The van der Waals surface area contributed by atoms with Crippen LogP contribution < -0.4 is 5.32 Å². The van der Waals surface area contributed by atoms with Crippen LogP contribution in [0.25, 0.3) is 0 Å². The number of amides is 1. The number of carbonyl (C=O) groups is 1. The summed E-state index contributed by atoms with van der Waals surface area (Å²) in [5, 5.41) is 2.48. The predicted octanol–water partition coefficient (Wildman–Crippen LogP) is 3.23. The number of aromatic nitrogens is 1. The molecule has 0 bridgehead atoms. The Morgan fingerprint density at radius 1 is 1.35 bits per heavy atom. The summed E-state index contributed by atoms with van der Waals surface area (Å²) >= 11 is 2.05. The first-order chi connectivity index (χ1) is 8.26. The molecule has 1 amide bonds. The van der Waals surface area contributed by atoms with Crippen molar-refractivity contribution in [1.29, 1.82) is 0 Å². The average Bonchev–Trinajstić information content (AvgIpc) is 2.40. The van der Waals surface area contributed by atoms with Crippen molar-refractivity contribution in [3.8, 4) is 0 Å². The van der Waals surface area contributed by atoms with Crippen LogP contribution in [0.2, 0.25) is 0 Å². The Morgan fingerprint density at radius 2 is 2.00 bits per heavy atom. The maximum atomic E-state index is 10.8. The van der Waals surface area contributed by atoms with Crippen LogP contribution in [0.15, 0.2) is 24.4 Å². The molecule has 0 saturated carbocycles. The molecule has 1 aromatic rings. The maximum Gasteiger partial charge on any atom is 0.269 e. The number of pyridine rings is 1. The second-order valence-corrected chi connectivity index (χ2v) is 4.63. The van der Waals surface area contributed by atoms with Crippen molar-refractivity contribution >= 4 is 17.7 Å². The first-order valence-electron chi connectivity index (χ1n) is 5.97. The smallest absolute Gasteiger partial charge is 0.269 e. The Morgan fingerprint density at radius 3 is 2.41 bits per heavy atom. The van der Waals surface area contributed by atoms with E-state index in [1.165, 1.54) is 24.3 Å². The lowest BCUT2D eigenvalue weighted by molar-refractivity contribution is 0.0958. The van der Waals surface area contributed by atoms with Crippen molar-refractivity contribution in [2.75, 3.05) is 18.6 Å². The van der Waals surface area contributed by atoms with Crippen LogP contribution in [-0.4, -0.2) is 29.4 Å². The van der Waals surface area contributed by atoms with Crippen LogP contribution >= 0.6 is 11.8 Å². The van der Waals surface area contributed by atoms with E-state index in [9.17, 15) is 4.79 Å². The van der Waals surface area contributed by atoms with E-state index in [0.717, 1.165) is 0 Å². The number of hydrogen-bond acceptors (Lipinski definition) is 3. The molecule has 1 N–H and O–H groups in total. The fourth-order valence-electron chi connectivity index (χ4n) is 1.02. The molecule has 1 heterocycles. The van der Waals surface area contributed by atoms with Gasteiger partial charge in [-0.05, 0) is 36.5 Å². The lowest BCUT2D eigenvalue weighted by atomic mass is 10.3. The Kier molecular flexibility index (Phi) is 10.8. The lowest BCUT2D eigenvalue weighted by Gasteiger charge is -1.94. The number of thioether (sulfide) groups is 1. The molecule has 0 radical (unpaired) electrons. The zero-order valence-electron chi connectivity index (χ0n) is 10.9. The van der Waals surface area contributed by atoms with Gasteiger partial charge >= 0.3 is 0 Å². The van der Waals surface area contributed by atoms with Crippen molar-refractivity contribution in [2.24, 2.45) is 0 Å². The number of hydrogen-bond donors (Lipinski definition) is 1. The van der Waals surface area contributed by atoms with Crippen molar-refractivity contribution in [2.45, 2.75) is 26.7 Å². The fourth-order valence-corrected chi connectivity index (χ4v) is 1.80. The molecule has 0 atom stereocenters. The van der Waals surface area contributed by atoms with E-state index in [1.807, 2.05) is 0 Å². The molecule has 0 aliphatic rings. The van der Waals surface area contributed by atoms with Gasteiger partial charge in [-0.2, -0.15) is 11.8 Å². The number of nitrogens with zero attached hydrogens (tertiary/aromatic N) is 1. The van der Waals surface area contributed by atoms with E-state index in [2.05, 4.69) is 35.9 Å². The normalized spacial score (nSPS) is 9.12. The molecule has 0 saturated heterocycles. The zero-order valence-corrected chi connectivity index (χ0v) is 11.7.